The second-order valence-electron chi connectivity index (χ2n) is 3.10. The van der Waals surface area contributed by atoms with Gasteiger partial charge in [0, 0.05) is 6.54 Å². The third-order valence-corrected chi connectivity index (χ3v) is 2.06. The summed E-state index contributed by atoms with van der Waals surface area (Å²) in [4.78, 5) is 7.54. The SMILES string of the molecule is CCn1ncnc1COc1ccc(F)nc1. The monoisotopic (exact) mass is 222 g/mol. The minimum atomic E-state index is -0.524. The Kier molecular flexibility index (Phi) is 3.09. The maximum atomic E-state index is 12.5. The molecule has 2 aromatic heterocycles. The van der Waals surface area contributed by atoms with Crippen LogP contribution in [-0.2, 0) is 13.2 Å². The lowest BCUT2D eigenvalue weighted by Crippen LogP contribution is -2.07. The largest absolute Gasteiger partial charge is 0.484 e. The number of aromatic nitrogens is 4. The molecule has 2 aromatic rings. The van der Waals surface area contributed by atoms with Gasteiger partial charge in [-0.05, 0) is 19.1 Å². The van der Waals surface area contributed by atoms with Gasteiger partial charge in [-0.3, -0.25) is 0 Å². The highest BCUT2D eigenvalue weighted by Gasteiger charge is 2.03. The Hall–Kier alpha value is -1.98. The predicted molar refractivity (Wildman–Crippen MR) is 54.2 cm³/mol. The van der Waals surface area contributed by atoms with Gasteiger partial charge in [0.15, 0.2) is 5.82 Å². The molecule has 0 saturated heterocycles. The molecule has 0 N–H and O–H groups in total. The fourth-order valence-electron chi connectivity index (χ4n) is 1.26. The van der Waals surface area contributed by atoms with Crippen molar-refractivity contribution < 1.29 is 9.13 Å². The van der Waals surface area contributed by atoms with Gasteiger partial charge in [-0.2, -0.15) is 9.49 Å². The van der Waals surface area contributed by atoms with Gasteiger partial charge in [-0.25, -0.2) is 14.6 Å². The first kappa shape index (κ1) is 10.5. The van der Waals surface area contributed by atoms with E-state index in [0.29, 0.717) is 12.4 Å². The number of halogens is 1. The number of hydrogen-bond acceptors (Lipinski definition) is 4. The fourth-order valence-corrected chi connectivity index (χ4v) is 1.26. The summed E-state index contributed by atoms with van der Waals surface area (Å²) in [5, 5.41) is 4.01. The second kappa shape index (κ2) is 4.69. The van der Waals surface area contributed by atoms with Crippen molar-refractivity contribution in [2.75, 3.05) is 0 Å². The highest BCUT2D eigenvalue weighted by molar-refractivity contribution is 5.16. The highest BCUT2D eigenvalue weighted by Crippen LogP contribution is 2.10. The van der Waals surface area contributed by atoms with Crippen LogP contribution in [0, 0.1) is 5.95 Å². The predicted octanol–water partition coefficient (Wildman–Crippen LogP) is 1.41. The Morgan fingerprint density at radius 3 is 2.94 bits per heavy atom. The van der Waals surface area contributed by atoms with Gasteiger partial charge in [0.2, 0.25) is 5.95 Å². The van der Waals surface area contributed by atoms with Gasteiger partial charge in [0.1, 0.15) is 18.7 Å². The van der Waals surface area contributed by atoms with Gasteiger partial charge in [0.25, 0.3) is 0 Å². The molecule has 0 radical (unpaired) electrons. The van der Waals surface area contributed by atoms with E-state index in [-0.39, 0.29) is 0 Å². The Labute approximate surface area is 91.9 Å². The van der Waals surface area contributed by atoms with Gasteiger partial charge >= 0.3 is 0 Å². The molecule has 0 aliphatic carbocycles. The van der Waals surface area contributed by atoms with E-state index < -0.39 is 5.95 Å². The summed E-state index contributed by atoms with van der Waals surface area (Å²) in [7, 11) is 0. The molecule has 0 unspecified atom stereocenters. The van der Waals surface area contributed by atoms with Crippen molar-refractivity contribution in [2.24, 2.45) is 0 Å². The van der Waals surface area contributed by atoms with Gasteiger partial charge in [-0.1, -0.05) is 0 Å². The van der Waals surface area contributed by atoms with Crippen LogP contribution in [0.2, 0.25) is 0 Å². The Morgan fingerprint density at radius 2 is 2.25 bits per heavy atom. The van der Waals surface area contributed by atoms with E-state index in [2.05, 4.69) is 15.1 Å². The Bertz CT molecular complexity index is 454. The molecule has 2 rings (SSSR count). The van der Waals surface area contributed by atoms with E-state index in [0.717, 1.165) is 12.4 Å². The third kappa shape index (κ3) is 2.33. The van der Waals surface area contributed by atoms with Crippen molar-refractivity contribution in [2.45, 2.75) is 20.1 Å². The summed E-state index contributed by atoms with van der Waals surface area (Å²) in [6.07, 6.45) is 2.81. The molecule has 0 bridgehead atoms. The van der Waals surface area contributed by atoms with Crippen LogP contribution in [0.4, 0.5) is 4.39 Å². The Balaban J connectivity index is 1.99. The smallest absolute Gasteiger partial charge is 0.213 e. The van der Waals surface area contributed by atoms with Crippen molar-refractivity contribution in [3.8, 4) is 5.75 Å². The van der Waals surface area contributed by atoms with Crippen molar-refractivity contribution in [3.05, 3.63) is 36.4 Å². The molecule has 84 valence electrons. The summed E-state index contributed by atoms with van der Waals surface area (Å²) in [5.74, 6) is 0.711. The van der Waals surface area contributed by atoms with Crippen LogP contribution in [0.3, 0.4) is 0 Å². The van der Waals surface area contributed by atoms with Crippen LogP contribution in [0.15, 0.2) is 24.7 Å². The Morgan fingerprint density at radius 1 is 1.38 bits per heavy atom. The van der Waals surface area contributed by atoms with Gasteiger partial charge in [0.05, 0.1) is 6.20 Å². The summed E-state index contributed by atoms with van der Waals surface area (Å²) in [5.41, 5.74) is 0. The molecule has 0 atom stereocenters. The minimum absolute atomic E-state index is 0.293. The topological polar surface area (TPSA) is 52.8 Å². The molecule has 0 saturated carbocycles. The zero-order valence-corrected chi connectivity index (χ0v) is 8.80. The molecule has 0 fully saturated rings. The normalized spacial score (nSPS) is 10.4. The molecule has 2 heterocycles. The van der Waals surface area contributed by atoms with Gasteiger partial charge in [-0.15, -0.1) is 0 Å². The number of pyridine rings is 1. The average Bonchev–Trinajstić information content (AvgIpc) is 2.76. The first-order valence-electron chi connectivity index (χ1n) is 4.90. The standard InChI is InChI=1S/C10H11FN4O/c1-2-15-10(13-7-14-15)6-16-8-3-4-9(11)12-5-8/h3-5,7H,2,6H2,1H3. The lowest BCUT2D eigenvalue weighted by atomic mass is 10.4. The lowest BCUT2D eigenvalue weighted by Gasteiger charge is -2.05. The fraction of sp³-hybridized carbons (Fsp3) is 0.300. The van der Waals surface area contributed by atoms with Crippen molar-refractivity contribution in [1.29, 1.82) is 0 Å². The van der Waals surface area contributed by atoms with E-state index in [1.807, 2.05) is 6.92 Å². The molecule has 16 heavy (non-hydrogen) atoms. The van der Waals surface area contributed by atoms with Crippen LogP contribution in [-0.4, -0.2) is 19.7 Å². The van der Waals surface area contributed by atoms with Crippen LogP contribution in [0.25, 0.3) is 0 Å². The number of aryl methyl sites for hydroxylation is 1. The van der Waals surface area contributed by atoms with Crippen LogP contribution < -0.4 is 4.74 Å². The maximum absolute atomic E-state index is 12.5. The molecular weight excluding hydrogens is 211 g/mol. The second-order valence-corrected chi connectivity index (χ2v) is 3.10. The average molecular weight is 222 g/mol. The zero-order chi connectivity index (χ0) is 11.4. The molecule has 0 aliphatic rings. The lowest BCUT2D eigenvalue weighted by molar-refractivity contribution is 0.285. The minimum Gasteiger partial charge on any atom is -0.484 e. The third-order valence-electron chi connectivity index (χ3n) is 2.06. The van der Waals surface area contributed by atoms with Crippen LogP contribution in [0.5, 0.6) is 5.75 Å². The summed E-state index contributed by atoms with van der Waals surface area (Å²) in [6.45, 7) is 3.00. The van der Waals surface area contributed by atoms with E-state index in [9.17, 15) is 4.39 Å². The first-order valence-corrected chi connectivity index (χ1v) is 4.90. The molecular formula is C10H11FN4O. The number of rotatable bonds is 4. The summed E-state index contributed by atoms with van der Waals surface area (Å²) < 4.78 is 19.7. The maximum Gasteiger partial charge on any atom is 0.213 e. The van der Waals surface area contributed by atoms with Crippen LogP contribution >= 0.6 is 0 Å². The zero-order valence-electron chi connectivity index (χ0n) is 8.80. The van der Waals surface area contributed by atoms with Crippen molar-refractivity contribution >= 4 is 0 Å². The van der Waals surface area contributed by atoms with Crippen molar-refractivity contribution in [1.82, 2.24) is 19.7 Å². The highest BCUT2D eigenvalue weighted by atomic mass is 19.1. The van der Waals surface area contributed by atoms with Crippen molar-refractivity contribution in [3.63, 3.8) is 0 Å². The van der Waals surface area contributed by atoms with E-state index >= 15 is 0 Å². The van der Waals surface area contributed by atoms with Crippen LogP contribution in [0.1, 0.15) is 12.7 Å². The molecule has 0 aromatic carbocycles. The summed E-state index contributed by atoms with van der Waals surface area (Å²) >= 11 is 0. The summed E-state index contributed by atoms with van der Waals surface area (Å²) in [6, 6.07) is 2.77. The molecule has 5 nitrogen and oxygen atoms in total. The quantitative estimate of drug-likeness (QED) is 0.734. The molecule has 0 aliphatic heterocycles. The number of nitrogens with zero attached hydrogens (tertiary/aromatic N) is 4. The molecule has 0 spiro atoms. The van der Waals surface area contributed by atoms with E-state index in [1.54, 1.807) is 4.68 Å². The number of ether oxygens (including phenoxy) is 1. The molecule has 6 heteroatoms. The van der Waals surface area contributed by atoms with E-state index in [4.69, 9.17) is 4.74 Å². The first-order chi connectivity index (χ1) is 7.79. The number of hydrogen-bond donors (Lipinski definition) is 0. The van der Waals surface area contributed by atoms with Gasteiger partial charge < -0.3 is 4.74 Å². The molecule has 0 amide bonds. The van der Waals surface area contributed by atoms with E-state index in [1.165, 1.54) is 24.7 Å².